The molecule has 2 nitrogen and oxygen atoms in total. The zero-order valence-corrected chi connectivity index (χ0v) is 22.9. The SMILES string of the molecule is CCCc1ccc(C2CCC3CC(c4ccc(COC5C=CC(OCC)=C(F)C5F)cc4)CCC3C2)cc1. The van der Waals surface area contributed by atoms with Crippen LogP contribution in [0, 0.1) is 11.8 Å². The maximum Gasteiger partial charge on any atom is 0.185 e. The molecule has 6 atom stereocenters. The monoisotopic (exact) mass is 520 g/mol. The van der Waals surface area contributed by atoms with Crippen LogP contribution in [0.1, 0.15) is 92.9 Å². The summed E-state index contributed by atoms with van der Waals surface area (Å²) < 4.78 is 39.5. The summed E-state index contributed by atoms with van der Waals surface area (Å²) in [4.78, 5) is 0. The third-order valence-electron chi connectivity index (χ3n) is 9.00. The Morgan fingerprint density at radius 2 is 1.37 bits per heavy atom. The van der Waals surface area contributed by atoms with E-state index in [2.05, 4.69) is 55.5 Å². The number of alkyl halides is 1. The molecule has 6 unspecified atom stereocenters. The molecular weight excluding hydrogens is 478 g/mol. The Bertz CT molecular complexity index is 1100. The molecule has 0 radical (unpaired) electrons. The van der Waals surface area contributed by atoms with Crippen LogP contribution in [0.4, 0.5) is 8.78 Å². The van der Waals surface area contributed by atoms with Gasteiger partial charge in [0.05, 0.1) is 13.2 Å². The molecule has 5 rings (SSSR count). The molecule has 2 fully saturated rings. The van der Waals surface area contributed by atoms with Gasteiger partial charge in [-0.1, -0.05) is 61.9 Å². The predicted octanol–water partition coefficient (Wildman–Crippen LogP) is 9.12. The van der Waals surface area contributed by atoms with Gasteiger partial charge < -0.3 is 9.47 Å². The van der Waals surface area contributed by atoms with Crippen molar-refractivity contribution in [1.29, 1.82) is 0 Å². The van der Waals surface area contributed by atoms with Crippen LogP contribution in [0.3, 0.4) is 0 Å². The van der Waals surface area contributed by atoms with Crippen molar-refractivity contribution in [2.24, 2.45) is 11.8 Å². The summed E-state index contributed by atoms with van der Waals surface area (Å²) in [5.41, 5.74) is 5.38. The Hall–Kier alpha value is -2.46. The summed E-state index contributed by atoms with van der Waals surface area (Å²) >= 11 is 0. The minimum Gasteiger partial charge on any atom is -0.491 e. The second kappa shape index (κ2) is 12.6. The van der Waals surface area contributed by atoms with Gasteiger partial charge in [0.2, 0.25) is 0 Å². The highest BCUT2D eigenvalue weighted by atomic mass is 19.2. The normalized spacial score (nSPS) is 29.3. The van der Waals surface area contributed by atoms with Crippen molar-refractivity contribution >= 4 is 0 Å². The average Bonchev–Trinajstić information content (AvgIpc) is 2.95. The number of hydrogen-bond donors (Lipinski definition) is 0. The van der Waals surface area contributed by atoms with Crippen LogP contribution in [0.5, 0.6) is 0 Å². The maximum absolute atomic E-state index is 14.4. The van der Waals surface area contributed by atoms with Gasteiger partial charge in [-0.3, -0.25) is 0 Å². The molecule has 3 aliphatic rings. The van der Waals surface area contributed by atoms with E-state index in [0.29, 0.717) is 12.5 Å². The molecule has 0 amide bonds. The highest BCUT2D eigenvalue weighted by Crippen LogP contribution is 2.49. The number of rotatable bonds is 9. The van der Waals surface area contributed by atoms with Gasteiger partial charge in [0.15, 0.2) is 17.8 Å². The van der Waals surface area contributed by atoms with Crippen molar-refractivity contribution < 1.29 is 18.3 Å². The van der Waals surface area contributed by atoms with Gasteiger partial charge >= 0.3 is 0 Å². The molecule has 0 aromatic heterocycles. The average molecular weight is 521 g/mol. The fraction of sp³-hybridized carbons (Fsp3) is 0.529. The number of aryl methyl sites for hydroxylation is 1. The molecule has 4 heteroatoms. The van der Waals surface area contributed by atoms with Crippen LogP contribution in [0.15, 0.2) is 72.3 Å². The molecule has 38 heavy (non-hydrogen) atoms. The Morgan fingerprint density at radius 1 is 0.789 bits per heavy atom. The molecule has 2 aromatic rings. The number of hydrogen-bond acceptors (Lipinski definition) is 2. The van der Waals surface area contributed by atoms with Crippen molar-refractivity contribution in [2.45, 2.75) is 95.9 Å². The van der Waals surface area contributed by atoms with Gasteiger partial charge in [0, 0.05) is 0 Å². The zero-order valence-electron chi connectivity index (χ0n) is 22.9. The molecule has 2 saturated carbocycles. The highest BCUT2D eigenvalue weighted by molar-refractivity contribution is 5.29. The lowest BCUT2D eigenvalue weighted by atomic mass is 9.63. The summed E-state index contributed by atoms with van der Waals surface area (Å²) in [6, 6.07) is 18.0. The van der Waals surface area contributed by atoms with Crippen LogP contribution in [0.2, 0.25) is 0 Å². The fourth-order valence-electron chi connectivity index (χ4n) is 6.87. The first-order chi connectivity index (χ1) is 18.6. The molecule has 2 aromatic carbocycles. The smallest absolute Gasteiger partial charge is 0.185 e. The third kappa shape index (κ3) is 6.22. The summed E-state index contributed by atoms with van der Waals surface area (Å²) in [6.07, 6.45) is 10.5. The minimum atomic E-state index is -1.83. The van der Waals surface area contributed by atoms with Crippen LogP contribution in [-0.2, 0) is 22.5 Å². The van der Waals surface area contributed by atoms with Gasteiger partial charge in [-0.05, 0) is 110 Å². The van der Waals surface area contributed by atoms with Crippen LogP contribution in [0.25, 0.3) is 0 Å². The maximum atomic E-state index is 14.4. The summed E-state index contributed by atoms with van der Waals surface area (Å²) in [7, 11) is 0. The van der Waals surface area contributed by atoms with Crippen LogP contribution < -0.4 is 0 Å². The van der Waals surface area contributed by atoms with Gasteiger partial charge in [-0.25, -0.2) is 8.78 Å². The molecule has 0 aliphatic heterocycles. The van der Waals surface area contributed by atoms with E-state index >= 15 is 0 Å². The van der Waals surface area contributed by atoms with E-state index in [1.165, 1.54) is 68.6 Å². The number of halogens is 2. The van der Waals surface area contributed by atoms with Crippen LogP contribution >= 0.6 is 0 Å². The quantitative estimate of drug-likeness (QED) is 0.328. The van der Waals surface area contributed by atoms with Gasteiger partial charge in [0.25, 0.3) is 0 Å². The third-order valence-corrected chi connectivity index (χ3v) is 9.00. The molecular formula is C34H42F2O2. The van der Waals surface area contributed by atoms with E-state index in [1.807, 2.05) is 0 Å². The Kier molecular flexibility index (Phi) is 8.99. The number of ether oxygens (including phenoxy) is 2. The number of fused-ring (bicyclic) bond motifs is 1. The van der Waals surface area contributed by atoms with Crippen molar-refractivity contribution in [3.05, 3.63) is 94.5 Å². The lowest BCUT2D eigenvalue weighted by molar-refractivity contribution is 0.0174. The molecule has 0 heterocycles. The molecule has 0 spiro atoms. The Morgan fingerprint density at radius 3 is 1.92 bits per heavy atom. The lowest BCUT2D eigenvalue weighted by Gasteiger charge is -2.42. The number of benzene rings is 2. The van der Waals surface area contributed by atoms with Gasteiger partial charge in [-0.15, -0.1) is 0 Å². The van der Waals surface area contributed by atoms with Crippen molar-refractivity contribution in [3.8, 4) is 0 Å². The Labute approximate surface area is 227 Å². The van der Waals surface area contributed by atoms with Gasteiger partial charge in [0.1, 0.15) is 6.10 Å². The van der Waals surface area contributed by atoms with Crippen molar-refractivity contribution in [1.82, 2.24) is 0 Å². The summed E-state index contributed by atoms with van der Waals surface area (Å²) in [6.45, 7) is 4.54. The number of allylic oxidation sites excluding steroid dienone is 1. The molecule has 204 valence electrons. The van der Waals surface area contributed by atoms with E-state index < -0.39 is 18.1 Å². The van der Waals surface area contributed by atoms with E-state index in [0.717, 1.165) is 23.3 Å². The summed E-state index contributed by atoms with van der Waals surface area (Å²) in [5, 5.41) is 0. The van der Waals surface area contributed by atoms with Crippen molar-refractivity contribution in [2.75, 3.05) is 6.61 Å². The Balaban J connectivity index is 1.11. The second-order valence-electron chi connectivity index (χ2n) is 11.5. The molecule has 3 aliphatic carbocycles. The highest BCUT2D eigenvalue weighted by Gasteiger charge is 2.36. The fourth-order valence-corrected chi connectivity index (χ4v) is 6.87. The molecule has 0 N–H and O–H groups in total. The second-order valence-corrected chi connectivity index (χ2v) is 11.5. The zero-order chi connectivity index (χ0) is 26.5. The van der Waals surface area contributed by atoms with Gasteiger partial charge in [-0.2, -0.15) is 0 Å². The first-order valence-electron chi connectivity index (χ1n) is 14.7. The molecule has 0 bridgehead atoms. The largest absolute Gasteiger partial charge is 0.491 e. The van der Waals surface area contributed by atoms with E-state index in [-0.39, 0.29) is 12.4 Å². The first kappa shape index (κ1) is 27.1. The van der Waals surface area contributed by atoms with Crippen molar-refractivity contribution in [3.63, 3.8) is 0 Å². The molecule has 0 saturated heterocycles. The minimum absolute atomic E-state index is 0.0338. The predicted molar refractivity (Wildman–Crippen MR) is 149 cm³/mol. The van der Waals surface area contributed by atoms with E-state index in [1.54, 1.807) is 18.6 Å². The summed E-state index contributed by atoms with van der Waals surface area (Å²) in [5.74, 6) is 2.10. The van der Waals surface area contributed by atoms with E-state index in [4.69, 9.17) is 9.47 Å². The van der Waals surface area contributed by atoms with E-state index in [9.17, 15) is 8.78 Å². The standard InChI is InChI=1S/C34H42F2O2/c1-3-5-23-6-10-25(11-7-23)27-14-16-30-21-28(15-17-29(30)20-27)26-12-8-24(9-13-26)22-38-32-19-18-31(37-4-2)33(35)34(32)36/h6-13,18-19,27-30,32,34H,3-5,14-17,20-22H2,1-2H3. The lowest BCUT2D eigenvalue weighted by Crippen LogP contribution is -2.29. The van der Waals surface area contributed by atoms with Crippen LogP contribution in [-0.4, -0.2) is 18.9 Å². The first-order valence-corrected chi connectivity index (χ1v) is 14.7. The topological polar surface area (TPSA) is 18.5 Å².